The highest BCUT2D eigenvalue weighted by Gasteiger charge is 2.29. The number of fused-ring (bicyclic) bond motifs is 1. The summed E-state index contributed by atoms with van der Waals surface area (Å²) in [6, 6.07) is 8.20. The first-order valence-corrected chi connectivity index (χ1v) is 19.4. The molecule has 0 bridgehead atoms. The van der Waals surface area contributed by atoms with E-state index < -0.39 is 103 Å². The first-order chi connectivity index (χ1) is 21.3. The first kappa shape index (κ1) is 35.7. The van der Waals surface area contributed by atoms with Gasteiger partial charge in [-0.3, -0.25) is 27.7 Å². The van der Waals surface area contributed by atoms with E-state index in [0.717, 1.165) is 24.3 Å². The summed E-state index contributed by atoms with van der Waals surface area (Å²) in [6.07, 6.45) is 0. The molecule has 0 radical (unpaired) electrons. The maximum absolute atomic E-state index is 13.6. The summed E-state index contributed by atoms with van der Waals surface area (Å²) in [5.41, 5.74) is 3.91. The highest BCUT2D eigenvalue weighted by Crippen LogP contribution is 2.38. The largest absolute Gasteiger partial charge is 0.399 e. The standard InChI is InChI=1S/C24H21N3O15S5/c1-12-2-4-14(26-24(28)16-5-3-13(25)8-21(16)46(37,38)39)9-20(12)43(29,30)27-18-6-7-19(45(34,35)36)17-10-15(44(31,32)33)11-22(23(17)18)47(40,41)42/h2-11,27H,25H2,1H3,(H,26,28)(H,31,32,33)(H,34,35,36)(H,37,38,39)(H,40,41,42). The summed E-state index contributed by atoms with van der Waals surface area (Å²) in [4.78, 5) is 7.75. The van der Waals surface area contributed by atoms with E-state index in [1.165, 1.54) is 19.1 Å². The van der Waals surface area contributed by atoms with Gasteiger partial charge in [-0.15, -0.1) is 0 Å². The van der Waals surface area contributed by atoms with Crippen LogP contribution in [0.1, 0.15) is 15.9 Å². The maximum Gasteiger partial charge on any atom is 0.295 e. The van der Waals surface area contributed by atoms with Crippen molar-refractivity contribution in [2.24, 2.45) is 0 Å². The monoisotopic (exact) mass is 751 g/mol. The summed E-state index contributed by atoms with van der Waals surface area (Å²) >= 11 is 0. The molecule has 252 valence electrons. The SMILES string of the molecule is Cc1ccc(NC(=O)c2ccc(N)cc2S(=O)(=O)O)cc1S(=O)(=O)Nc1ccc(S(=O)(=O)O)c2cc(S(=O)(=O)O)cc(S(=O)(=O)O)c12. The van der Waals surface area contributed by atoms with E-state index in [1.807, 2.05) is 4.72 Å². The van der Waals surface area contributed by atoms with Crippen LogP contribution < -0.4 is 15.8 Å². The topological polar surface area (TPSA) is 319 Å². The Labute approximate surface area is 267 Å². The first-order valence-electron chi connectivity index (χ1n) is 12.2. The van der Waals surface area contributed by atoms with Crippen LogP contribution in [-0.4, -0.2) is 66.2 Å². The van der Waals surface area contributed by atoms with Crippen molar-refractivity contribution in [3.8, 4) is 0 Å². The van der Waals surface area contributed by atoms with Crippen LogP contribution in [0.15, 0.2) is 85.1 Å². The van der Waals surface area contributed by atoms with Gasteiger partial charge >= 0.3 is 0 Å². The predicted octanol–water partition coefficient (Wildman–Crippen LogP) is 1.77. The zero-order valence-electron chi connectivity index (χ0n) is 23.2. The Morgan fingerprint density at radius 2 is 1.23 bits per heavy atom. The van der Waals surface area contributed by atoms with Crippen LogP contribution in [0.3, 0.4) is 0 Å². The third-order valence-corrected chi connectivity index (χ3v) is 11.4. The molecule has 0 aliphatic rings. The second-order valence-electron chi connectivity index (χ2n) is 9.65. The van der Waals surface area contributed by atoms with Crippen molar-refractivity contribution >= 4 is 84.2 Å². The third kappa shape index (κ3) is 7.53. The molecule has 0 saturated heterocycles. The van der Waals surface area contributed by atoms with Crippen molar-refractivity contribution in [3.63, 3.8) is 0 Å². The van der Waals surface area contributed by atoms with Crippen LogP contribution in [0.4, 0.5) is 17.1 Å². The number of anilines is 3. The molecule has 1 amide bonds. The second kappa shape index (κ2) is 11.8. The fourth-order valence-corrected chi connectivity index (χ4v) is 8.47. The lowest BCUT2D eigenvalue weighted by Gasteiger charge is -2.17. The minimum absolute atomic E-state index is 0.0177. The molecule has 0 heterocycles. The molecule has 0 aromatic heterocycles. The van der Waals surface area contributed by atoms with Gasteiger partial charge in [0.25, 0.3) is 56.4 Å². The highest BCUT2D eigenvalue weighted by atomic mass is 32.2. The average Bonchev–Trinajstić information content (AvgIpc) is 2.91. The number of hydrogen-bond acceptors (Lipinski definition) is 12. The molecule has 0 aliphatic carbocycles. The van der Waals surface area contributed by atoms with Crippen molar-refractivity contribution in [1.82, 2.24) is 0 Å². The van der Waals surface area contributed by atoms with E-state index in [9.17, 15) is 65.1 Å². The van der Waals surface area contributed by atoms with Crippen LogP contribution in [0.5, 0.6) is 0 Å². The number of nitrogen functional groups attached to an aromatic ring is 1. The van der Waals surface area contributed by atoms with Gasteiger partial charge in [-0.1, -0.05) is 6.07 Å². The molecule has 0 aliphatic heterocycles. The molecule has 0 spiro atoms. The molecular formula is C24H21N3O15S5. The van der Waals surface area contributed by atoms with Gasteiger partial charge in [-0.2, -0.15) is 33.7 Å². The number of nitrogens with one attached hydrogen (secondary N) is 2. The number of benzene rings is 4. The quantitative estimate of drug-likeness (QED) is 0.0946. The number of hydrogen-bond donors (Lipinski definition) is 7. The van der Waals surface area contributed by atoms with Crippen molar-refractivity contribution in [3.05, 3.63) is 71.8 Å². The van der Waals surface area contributed by atoms with Gasteiger partial charge in [0.1, 0.15) is 14.7 Å². The minimum Gasteiger partial charge on any atom is -0.399 e. The summed E-state index contributed by atoms with van der Waals surface area (Å²) in [5, 5.41) is 0.394. The normalized spacial score (nSPS) is 13.0. The van der Waals surface area contributed by atoms with Gasteiger partial charge in [-0.25, -0.2) is 8.42 Å². The van der Waals surface area contributed by atoms with Crippen molar-refractivity contribution < 1.29 is 65.1 Å². The second-order valence-corrected chi connectivity index (χ2v) is 16.9. The minimum atomic E-state index is -5.49. The maximum atomic E-state index is 13.6. The number of aryl methyl sites for hydroxylation is 1. The van der Waals surface area contributed by atoms with Crippen LogP contribution in [0.25, 0.3) is 10.8 Å². The van der Waals surface area contributed by atoms with Crippen LogP contribution in [0.2, 0.25) is 0 Å². The molecule has 8 N–H and O–H groups in total. The van der Waals surface area contributed by atoms with E-state index >= 15 is 0 Å². The molecule has 47 heavy (non-hydrogen) atoms. The molecule has 23 heteroatoms. The Bertz CT molecular complexity index is 2570. The lowest BCUT2D eigenvalue weighted by Crippen LogP contribution is -2.18. The number of rotatable bonds is 9. The summed E-state index contributed by atoms with van der Waals surface area (Å²) in [7, 11) is -25.8. The summed E-state index contributed by atoms with van der Waals surface area (Å²) < 4.78 is 164. The third-order valence-electron chi connectivity index (χ3n) is 6.37. The van der Waals surface area contributed by atoms with Crippen LogP contribution in [-0.2, 0) is 50.5 Å². The van der Waals surface area contributed by atoms with E-state index in [0.29, 0.717) is 18.2 Å². The Kier molecular flexibility index (Phi) is 8.95. The molecule has 0 fully saturated rings. The van der Waals surface area contributed by atoms with E-state index in [4.69, 9.17) is 5.73 Å². The van der Waals surface area contributed by atoms with E-state index in [2.05, 4.69) is 5.32 Å². The number of amides is 1. The zero-order valence-corrected chi connectivity index (χ0v) is 27.3. The lowest BCUT2D eigenvalue weighted by molar-refractivity contribution is 0.102. The van der Waals surface area contributed by atoms with Crippen LogP contribution >= 0.6 is 0 Å². The molecular weight excluding hydrogens is 731 g/mol. The number of carbonyl (C=O) groups is 1. The Morgan fingerprint density at radius 3 is 1.79 bits per heavy atom. The summed E-state index contributed by atoms with van der Waals surface area (Å²) in [6.45, 7) is 1.30. The van der Waals surface area contributed by atoms with Gasteiger partial charge in [0.2, 0.25) is 0 Å². The Balaban J connectivity index is 1.88. The molecule has 0 atom stereocenters. The molecule has 4 aromatic rings. The van der Waals surface area contributed by atoms with Gasteiger partial charge in [0.15, 0.2) is 0 Å². The fourth-order valence-electron chi connectivity index (χ4n) is 4.36. The summed E-state index contributed by atoms with van der Waals surface area (Å²) in [5.74, 6) is -1.11. The molecule has 4 aromatic carbocycles. The molecule has 0 saturated carbocycles. The Morgan fingerprint density at radius 1 is 0.638 bits per heavy atom. The van der Waals surface area contributed by atoms with Crippen molar-refractivity contribution in [2.45, 2.75) is 31.4 Å². The number of sulfonamides is 1. The lowest BCUT2D eigenvalue weighted by atomic mass is 10.1. The van der Waals surface area contributed by atoms with Gasteiger partial charge in [-0.05, 0) is 67.1 Å². The van der Waals surface area contributed by atoms with Crippen LogP contribution in [0, 0.1) is 6.92 Å². The van der Waals surface area contributed by atoms with Gasteiger partial charge in [0.05, 0.1) is 21.0 Å². The zero-order chi connectivity index (χ0) is 35.5. The number of carbonyl (C=O) groups excluding carboxylic acids is 1. The smallest absolute Gasteiger partial charge is 0.295 e. The molecule has 18 nitrogen and oxygen atoms in total. The average molecular weight is 752 g/mol. The van der Waals surface area contributed by atoms with E-state index in [1.54, 1.807) is 0 Å². The molecule has 0 unspecified atom stereocenters. The Hall–Kier alpha value is -4.20. The van der Waals surface area contributed by atoms with Gasteiger partial charge < -0.3 is 11.1 Å². The van der Waals surface area contributed by atoms with Crippen molar-refractivity contribution in [2.75, 3.05) is 15.8 Å². The predicted molar refractivity (Wildman–Crippen MR) is 164 cm³/mol. The molecule has 4 rings (SSSR count). The van der Waals surface area contributed by atoms with Crippen molar-refractivity contribution in [1.29, 1.82) is 0 Å². The number of nitrogens with two attached hydrogens (primary N) is 1. The van der Waals surface area contributed by atoms with E-state index in [-0.39, 0.29) is 23.0 Å². The highest BCUT2D eigenvalue weighted by molar-refractivity contribution is 7.93. The van der Waals surface area contributed by atoms with Gasteiger partial charge in [0, 0.05) is 22.1 Å². The fraction of sp³-hybridized carbons (Fsp3) is 0.0417.